The zero-order chi connectivity index (χ0) is 40.2. The van der Waals surface area contributed by atoms with E-state index in [1.54, 1.807) is 0 Å². The van der Waals surface area contributed by atoms with E-state index in [4.69, 9.17) is 9.47 Å². The van der Waals surface area contributed by atoms with Crippen LogP contribution in [0.3, 0.4) is 0 Å². The Morgan fingerprint density at radius 1 is 0.527 bits per heavy atom. The van der Waals surface area contributed by atoms with E-state index in [1.165, 1.54) is 127 Å². The van der Waals surface area contributed by atoms with E-state index in [1.807, 2.05) is 4.90 Å². The van der Waals surface area contributed by atoms with Crippen molar-refractivity contribution in [2.24, 2.45) is 5.92 Å². The zero-order valence-electron chi connectivity index (χ0n) is 37.0. The van der Waals surface area contributed by atoms with Crippen LogP contribution in [-0.2, 0) is 19.1 Å². The van der Waals surface area contributed by atoms with Crippen LogP contribution in [0.2, 0.25) is 0 Å². The molecule has 0 atom stereocenters. The van der Waals surface area contributed by atoms with Crippen LogP contribution in [0.4, 0.5) is 4.79 Å². The van der Waals surface area contributed by atoms with Gasteiger partial charge in [0.2, 0.25) is 0 Å². The van der Waals surface area contributed by atoms with Gasteiger partial charge >= 0.3 is 11.9 Å². The van der Waals surface area contributed by atoms with E-state index in [2.05, 4.69) is 39.6 Å². The lowest BCUT2D eigenvalue weighted by atomic mass is 10.0. The van der Waals surface area contributed by atoms with Gasteiger partial charge in [0.15, 0.2) is 0 Å². The number of unbranched alkanes of at least 4 members (excludes halogenated alkanes) is 16. The Labute approximate surface area is 345 Å². The molecule has 0 heterocycles. The number of nitrogens with zero attached hydrogens (tertiary/aromatic N) is 2. The summed E-state index contributed by atoms with van der Waals surface area (Å²) in [5.74, 6) is 1.38. The molecule has 8 heteroatoms. The van der Waals surface area contributed by atoms with Crippen molar-refractivity contribution in [3.05, 3.63) is 0 Å². The Balaban J connectivity index is 2.69. The summed E-state index contributed by atoms with van der Waals surface area (Å²) in [4.78, 5) is 44.0. The predicted octanol–water partition coefficient (Wildman–Crippen LogP) is 13.7. The quantitative estimate of drug-likeness (QED) is 0.0451. The molecular formula is C47H90N2O5S. The molecule has 1 rings (SSSR count). The maximum absolute atomic E-state index is 13.5. The monoisotopic (exact) mass is 795 g/mol. The fraction of sp³-hybridized carbons (Fsp3) is 0.936. The predicted molar refractivity (Wildman–Crippen MR) is 236 cm³/mol. The molecule has 1 aliphatic carbocycles. The minimum Gasteiger partial charge on any atom is -0.462 e. The van der Waals surface area contributed by atoms with Crippen molar-refractivity contribution in [2.45, 2.75) is 239 Å². The van der Waals surface area contributed by atoms with Gasteiger partial charge in [-0.1, -0.05) is 142 Å². The van der Waals surface area contributed by atoms with Gasteiger partial charge in [-0.3, -0.25) is 14.4 Å². The molecule has 0 bridgehead atoms. The number of esters is 2. The number of hydrogen-bond acceptors (Lipinski definition) is 7. The summed E-state index contributed by atoms with van der Waals surface area (Å²) in [5.41, 5.74) is 0. The number of ether oxygens (including phenoxy) is 2. The molecular weight excluding hydrogens is 705 g/mol. The highest BCUT2D eigenvalue weighted by Gasteiger charge is 2.23. The molecule has 1 amide bonds. The molecule has 0 N–H and O–H groups in total. The van der Waals surface area contributed by atoms with Gasteiger partial charge in [0.05, 0.1) is 0 Å². The Morgan fingerprint density at radius 2 is 0.909 bits per heavy atom. The molecule has 0 spiro atoms. The Hall–Kier alpha value is -1.28. The Kier molecular flexibility index (Phi) is 34.8. The standard InChI is InChI=1S/C47H90N2O5S/c1-6-10-14-18-22-29-43(30-23-19-15-11-7-2)53-45(50)33-26-38-49(47(52)55-40-28-37-48(5)41-42-35-36-42)39-27-34-46(51)54-44(31-24-20-16-12-8-3)32-25-21-17-13-9-4/h42-44H,6-41H2,1-5H3. The van der Waals surface area contributed by atoms with E-state index in [0.717, 1.165) is 82.5 Å². The fourth-order valence-corrected chi connectivity index (χ4v) is 8.27. The zero-order valence-corrected chi connectivity index (χ0v) is 37.8. The minimum absolute atomic E-state index is 0.00427. The Morgan fingerprint density at radius 3 is 1.27 bits per heavy atom. The smallest absolute Gasteiger partial charge is 0.306 e. The number of thioether (sulfide) groups is 1. The maximum atomic E-state index is 13.5. The molecule has 0 aromatic rings. The second-order valence-electron chi connectivity index (χ2n) is 16.9. The molecule has 0 aromatic carbocycles. The van der Waals surface area contributed by atoms with Crippen LogP contribution in [0.15, 0.2) is 0 Å². The number of carbonyl (C=O) groups excluding carboxylic acids is 3. The van der Waals surface area contributed by atoms with Gasteiger partial charge < -0.3 is 19.3 Å². The van der Waals surface area contributed by atoms with Gasteiger partial charge in [-0.25, -0.2) is 0 Å². The lowest BCUT2D eigenvalue weighted by Gasteiger charge is -2.23. The summed E-state index contributed by atoms with van der Waals surface area (Å²) in [5, 5.41) is 0.0562. The van der Waals surface area contributed by atoms with Gasteiger partial charge in [-0.05, 0) is 103 Å². The van der Waals surface area contributed by atoms with Gasteiger partial charge in [-0.15, -0.1) is 0 Å². The van der Waals surface area contributed by atoms with E-state index in [9.17, 15) is 14.4 Å². The van der Waals surface area contributed by atoms with E-state index in [0.29, 0.717) is 38.8 Å². The van der Waals surface area contributed by atoms with Gasteiger partial charge in [-0.2, -0.15) is 0 Å². The topological polar surface area (TPSA) is 76.1 Å². The van der Waals surface area contributed by atoms with Crippen molar-refractivity contribution in [1.82, 2.24) is 9.80 Å². The van der Waals surface area contributed by atoms with Crippen molar-refractivity contribution in [3.8, 4) is 0 Å². The normalized spacial score (nSPS) is 12.9. The van der Waals surface area contributed by atoms with Crippen LogP contribution in [0.25, 0.3) is 0 Å². The maximum Gasteiger partial charge on any atom is 0.306 e. The van der Waals surface area contributed by atoms with Crippen LogP contribution in [0.5, 0.6) is 0 Å². The molecule has 0 unspecified atom stereocenters. The van der Waals surface area contributed by atoms with E-state index < -0.39 is 0 Å². The molecule has 0 aromatic heterocycles. The summed E-state index contributed by atoms with van der Waals surface area (Å²) in [7, 11) is 2.18. The number of hydrogen-bond donors (Lipinski definition) is 0. The van der Waals surface area contributed by atoms with Crippen LogP contribution in [0.1, 0.15) is 227 Å². The first-order chi connectivity index (χ1) is 26.8. The first kappa shape index (κ1) is 51.7. The van der Waals surface area contributed by atoms with Crippen LogP contribution in [-0.4, -0.2) is 78.2 Å². The third kappa shape index (κ3) is 32.4. The summed E-state index contributed by atoms with van der Waals surface area (Å²) in [6, 6.07) is 0. The highest BCUT2D eigenvalue weighted by Crippen LogP contribution is 2.29. The minimum atomic E-state index is -0.134. The molecule has 0 radical (unpaired) electrons. The van der Waals surface area contributed by atoms with Crippen LogP contribution < -0.4 is 0 Å². The second-order valence-corrected chi connectivity index (χ2v) is 17.9. The highest BCUT2D eigenvalue weighted by atomic mass is 32.2. The first-order valence-corrected chi connectivity index (χ1v) is 24.8. The average molecular weight is 795 g/mol. The molecule has 0 saturated heterocycles. The number of carbonyl (C=O) groups is 3. The SMILES string of the molecule is CCCCCCCC(CCCCCCC)OC(=O)CCCN(CCCC(=O)OC(CCCCCCC)CCCCCCC)C(=O)SCCCN(C)CC1CC1. The molecule has 1 aliphatic rings. The highest BCUT2D eigenvalue weighted by molar-refractivity contribution is 8.13. The molecule has 55 heavy (non-hydrogen) atoms. The largest absolute Gasteiger partial charge is 0.462 e. The van der Waals surface area contributed by atoms with Crippen molar-refractivity contribution < 1.29 is 23.9 Å². The average Bonchev–Trinajstić information content (AvgIpc) is 3.99. The van der Waals surface area contributed by atoms with Crippen LogP contribution >= 0.6 is 11.8 Å². The second kappa shape index (κ2) is 37.0. The summed E-state index contributed by atoms with van der Waals surface area (Å²) in [6.45, 7) is 12.1. The molecule has 0 aliphatic heterocycles. The fourth-order valence-electron chi connectivity index (χ4n) is 7.46. The van der Waals surface area contributed by atoms with Gasteiger partial charge in [0, 0.05) is 38.2 Å². The lowest BCUT2D eigenvalue weighted by molar-refractivity contribution is -0.150. The Bertz CT molecular complexity index is 836. The summed E-state index contributed by atoms with van der Waals surface area (Å²) in [6.07, 6.45) is 33.6. The summed E-state index contributed by atoms with van der Waals surface area (Å²) >= 11 is 1.39. The van der Waals surface area contributed by atoms with E-state index in [-0.39, 0.29) is 29.4 Å². The third-order valence-corrected chi connectivity index (χ3v) is 12.2. The molecule has 7 nitrogen and oxygen atoms in total. The van der Waals surface area contributed by atoms with Crippen molar-refractivity contribution >= 4 is 28.9 Å². The number of amides is 1. The lowest BCUT2D eigenvalue weighted by Crippen LogP contribution is -2.31. The first-order valence-electron chi connectivity index (χ1n) is 23.8. The molecule has 1 fully saturated rings. The summed E-state index contributed by atoms with van der Waals surface area (Å²) < 4.78 is 12.1. The molecule has 1 saturated carbocycles. The third-order valence-electron chi connectivity index (χ3n) is 11.2. The van der Waals surface area contributed by atoms with Gasteiger partial charge in [0.25, 0.3) is 5.24 Å². The van der Waals surface area contributed by atoms with Crippen molar-refractivity contribution in [2.75, 3.05) is 39.0 Å². The van der Waals surface area contributed by atoms with Crippen molar-refractivity contribution in [1.29, 1.82) is 0 Å². The molecule has 324 valence electrons. The van der Waals surface area contributed by atoms with Gasteiger partial charge in [0.1, 0.15) is 12.2 Å². The van der Waals surface area contributed by atoms with E-state index >= 15 is 0 Å². The number of rotatable bonds is 40. The van der Waals surface area contributed by atoms with Crippen LogP contribution in [0, 0.1) is 5.92 Å². The van der Waals surface area contributed by atoms with Crippen molar-refractivity contribution in [3.63, 3.8) is 0 Å².